The molecule has 134 valence electrons. The highest BCUT2D eigenvalue weighted by Crippen LogP contribution is 2.29. The average molecular weight is 403 g/mol. The highest BCUT2D eigenvalue weighted by atomic mass is 35.5. The van der Waals surface area contributed by atoms with Gasteiger partial charge in [0.05, 0.1) is 18.1 Å². The molecule has 2 aromatic rings. The Hall–Kier alpha value is -1.41. The second-order valence-corrected chi connectivity index (χ2v) is 4.98. The van der Waals surface area contributed by atoms with Crippen LogP contribution in [0.15, 0.2) is 30.5 Å². The van der Waals surface area contributed by atoms with E-state index in [-0.39, 0.29) is 24.8 Å². The number of aromatic nitrogens is 1. The first-order valence-corrected chi connectivity index (χ1v) is 6.81. The van der Waals surface area contributed by atoms with E-state index >= 15 is 0 Å². The Labute approximate surface area is 154 Å². The Bertz CT molecular complexity index is 689. The van der Waals surface area contributed by atoms with Crippen LogP contribution in [-0.2, 0) is 4.79 Å². The summed E-state index contributed by atoms with van der Waals surface area (Å²) in [5.41, 5.74) is 5.38. The van der Waals surface area contributed by atoms with Crippen molar-refractivity contribution in [3.05, 3.63) is 35.5 Å². The molecule has 10 heteroatoms. The number of fused-ring (bicyclic) bond motifs is 1. The number of nitrogens with two attached hydrogens (primary N) is 1. The smallest absolute Gasteiger partial charge is 0.277 e. The van der Waals surface area contributed by atoms with Crippen molar-refractivity contribution in [2.75, 3.05) is 19.7 Å². The van der Waals surface area contributed by atoms with E-state index in [1.54, 1.807) is 30.5 Å². The highest BCUT2D eigenvalue weighted by Gasteiger charge is 2.27. The Morgan fingerprint density at radius 1 is 1.33 bits per heavy atom. The maximum absolute atomic E-state index is 12.9. The number of nitrogens with zero attached hydrogens (tertiary/aromatic N) is 1. The van der Waals surface area contributed by atoms with Gasteiger partial charge in [-0.25, -0.2) is 8.78 Å². The summed E-state index contributed by atoms with van der Waals surface area (Å²) in [5.74, 6) is -3.46. The van der Waals surface area contributed by atoms with Crippen molar-refractivity contribution in [2.24, 2.45) is 5.73 Å². The summed E-state index contributed by atoms with van der Waals surface area (Å²) in [6.07, 6.45) is 1.56. The Kier molecular flexibility index (Phi) is 9.21. The van der Waals surface area contributed by atoms with Crippen LogP contribution in [0.25, 0.3) is 10.9 Å². The molecule has 0 fully saturated rings. The van der Waals surface area contributed by atoms with Gasteiger partial charge in [-0.15, -0.1) is 24.8 Å². The first-order valence-electron chi connectivity index (χ1n) is 6.43. The summed E-state index contributed by atoms with van der Waals surface area (Å²) in [6.45, 7) is -2.07. The monoisotopic (exact) mass is 401 g/mol. The molecule has 24 heavy (non-hydrogen) atoms. The van der Waals surface area contributed by atoms with E-state index in [9.17, 15) is 13.6 Å². The van der Waals surface area contributed by atoms with E-state index < -0.39 is 31.5 Å². The molecule has 1 aromatic heterocycles. The van der Waals surface area contributed by atoms with Gasteiger partial charge in [0.25, 0.3) is 11.8 Å². The molecule has 0 unspecified atom stereocenters. The third kappa shape index (κ3) is 5.90. The van der Waals surface area contributed by atoms with Crippen LogP contribution in [-0.4, -0.2) is 36.5 Å². The first kappa shape index (κ1) is 22.6. The van der Waals surface area contributed by atoms with Gasteiger partial charge in [-0.2, -0.15) is 0 Å². The zero-order valence-electron chi connectivity index (χ0n) is 12.3. The summed E-state index contributed by atoms with van der Waals surface area (Å²) in [4.78, 5) is 15.7. The zero-order valence-corrected chi connectivity index (χ0v) is 14.7. The van der Waals surface area contributed by atoms with Gasteiger partial charge in [0, 0.05) is 11.6 Å². The Morgan fingerprint density at radius 3 is 2.71 bits per heavy atom. The number of alkyl halides is 2. The summed E-state index contributed by atoms with van der Waals surface area (Å²) >= 11 is 6.04. The van der Waals surface area contributed by atoms with E-state index in [1.165, 1.54) is 0 Å². The molecule has 0 atom stereocenters. The molecule has 0 spiro atoms. The predicted molar refractivity (Wildman–Crippen MR) is 93.8 cm³/mol. The third-order valence-electron chi connectivity index (χ3n) is 2.88. The lowest BCUT2D eigenvalue weighted by Gasteiger charge is -2.15. The molecule has 1 aromatic carbocycles. The van der Waals surface area contributed by atoms with E-state index in [0.717, 1.165) is 0 Å². The number of hydrogen-bond donors (Lipinski definition) is 2. The highest BCUT2D eigenvalue weighted by molar-refractivity contribution is 6.35. The van der Waals surface area contributed by atoms with Crippen molar-refractivity contribution in [3.8, 4) is 5.75 Å². The molecule has 0 aliphatic carbocycles. The zero-order chi connectivity index (χ0) is 16.2. The predicted octanol–water partition coefficient (Wildman–Crippen LogP) is 2.82. The fourth-order valence-electron chi connectivity index (χ4n) is 1.72. The number of halogens is 5. The lowest BCUT2D eigenvalue weighted by atomic mass is 10.2. The maximum atomic E-state index is 12.9. The molecule has 0 bridgehead atoms. The number of carbonyl (C=O) groups excluding carboxylic acids is 1. The number of carbonyl (C=O) groups is 1. The normalized spacial score (nSPS) is 10.5. The van der Waals surface area contributed by atoms with Gasteiger partial charge in [-0.3, -0.25) is 9.78 Å². The molecule has 0 saturated heterocycles. The largest absolute Gasteiger partial charge is 0.481 e. The molecule has 1 amide bonds. The first-order chi connectivity index (χ1) is 10.4. The van der Waals surface area contributed by atoms with Gasteiger partial charge in [0.1, 0.15) is 11.3 Å². The van der Waals surface area contributed by atoms with Crippen molar-refractivity contribution >= 4 is 53.2 Å². The van der Waals surface area contributed by atoms with Crippen LogP contribution in [0.5, 0.6) is 5.75 Å². The second-order valence-electron chi connectivity index (χ2n) is 4.57. The summed E-state index contributed by atoms with van der Waals surface area (Å²) in [6, 6.07) is 6.67. The SMILES string of the molecule is Cl.Cl.NCC(F)(F)CNC(=O)COc1ccc(Cl)c2cccnc12. The molecule has 0 aliphatic rings. The Morgan fingerprint density at radius 2 is 2.04 bits per heavy atom. The van der Waals surface area contributed by atoms with Crippen molar-refractivity contribution in [2.45, 2.75) is 5.92 Å². The number of ether oxygens (including phenoxy) is 1. The van der Waals surface area contributed by atoms with E-state index in [2.05, 4.69) is 10.3 Å². The van der Waals surface area contributed by atoms with Crippen LogP contribution < -0.4 is 15.8 Å². The number of pyridine rings is 1. The van der Waals surface area contributed by atoms with E-state index in [1.807, 2.05) is 0 Å². The molecule has 0 aliphatic heterocycles. The number of benzene rings is 1. The second kappa shape index (κ2) is 9.78. The van der Waals surface area contributed by atoms with Crippen molar-refractivity contribution in [1.29, 1.82) is 0 Å². The number of hydrogen-bond acceptors (Lipinski definition) is 4. The van der Waals surface area contributed by atoms with Gasteiger partial charge in [0.15, 0.2) is 6.61 Å². The standard InChI is InChI=1S/C14H14ClF2N3O2.2ClH/c15-10-3-4-11(13-9(10)2-1-5-19-13)22-6-12(21)20-8-14(16,17)7-18;;/h1-5H,6-8,18H2,(H,20,21);2*1H. The van der Waals surface area contributed by atoms with Gasteiger partial charge in [0.2, 0.25) is 0 Å². The summed E-state index contributed by atoms with van der Waals surface area (Å²) in [7, 11) is 0. The van der Waals surface area contributed by atoms with Crippen LogP contribution in [0.4, 0.5) is 8.78 Å². The summed E-state index contributed by atoms with van der Waals surface area (Å²) in [5, 5.41) is 3.24. The van der Waals surface area contributed by atoms with Crippen LogP contribution >= 0.6 is 36.4 Å². The van der Waals surface area contributed by atoms with Crippen LogP contribution in [0.3, 0.4) is 0 Å². The van der Waals surface area contributed by atoms with Gasteiger partial charge in [-0.05, 0) is 24.3 Å². The van der Waals surface area contributed by atoms with Crippen molar-refractivity contribution in [1.82, 2.24) is 10.3 Å². The van der Waals surface area contributed by atoms with Gasteiger partial charge < -0.3 is 15.8 Å². The molecule has 0 radical (unpaired) electrons. The minimum absolute atomic E-state index is 0. The molecule has 1 heterocycles. The molecule has 5 nitrogen and oxygen atoms in total. The molecular formula is C14H16Cl3F2N3O2. The number of nitrogens with one attached hydrogen (secondary N) is 1. The lowest BCUT2D eigenvalue weighted by molar-refractivity contribution is -0.124. The third-order valence-corrected chi connectivity index (χ3v) is 3.21. The summed E-state index contributed by atoms with van der Waals surface area (Å²) < 4.78 is 31.2. The van der Waals surface area contributed by atoms with Gasteiger partial charge in [-0.1, -0.05) is 11.6 Å². The van der Waals surface area contributed by atoms with Crippen LogP contribution in [0.2, 0.25) is 5.02 Å². The molecular weight excluding hydrogens is 387 g/mol. The average Bonchev–Trinajstić information content (AvgIpc) is 2.53. The van der Waals surface area contributed by atoms with Gasteiger partial charge >= 0.3 is 0 Å². The topological polar surface area (TPSA) is 77.2 Å². The van der Waals surface area contributed by atoms with E-state index in [4.69, 9.17) is 22.1 Å². The van der Waals surface area contributed by atoms with Crippen molar-refractivity contribution < 1.29 is 18.3 Å². The minimum Gasteiger partial charge on any atom is -0.481 e. The molecule has 3 N–H and O–H groups in total. The fourth-order valence-corrected chi connectivity index (χ4v) is 1.94. The minimum atomic E-state index is -3.13. The fraction of sp³-hybridized carbons (Fsp3) is 0.286. The lowest BCUT2D eigenvalue weighted by Crippen LogP contribution is -2.43. The van der Waals surface area contributed by atoms with Crippen LogP contribution in [0, 0.1) is 0 Å². The van der Waals surface area contributed by atoms with E-state index in [0.29, 0.717) is 21.7 Å². The Balaban J connectivity index is 0.00000264. The maximum Gasteiger partial charge on any atom is 0.277 e. The molecule has 2 rings (SSSR count). The number of amides is 1. The quantitative estimate of drug-likeness (QED) is 0.779. The molecule has 0 saturated carbocycles. The number of rotatable bonds is 6. The van der Waals surface area contributed by atoms with Crippen LogP contribution in [0.1, 0.15) is 0 Å². The van der Waals surface area contributed by atoms with Crippen molar-refractivity contribution in [3.63, 3.8) is 0 Å².